The number of aliphatic hydroxyl groups is 1. The summed E-state index contributed by atoms with van der Waals surface area (Å²) in [6.45, 7) is 3.10. The third-order valence-corrected chi connectivity index (χ3v) is 3.47. The van der Waals surface area contributed by atoms with Crippen molar-refractivity contribution in [2.45, 2.75) is 13.8 Å². The van der Waals surface area contributed by atoms with Crippen molar-refractivity contribution in [3.05, 3.63) is 54.1 Å². The largest absolute Gasteiger partial charge is 0.489 e. The van der Waals surface area contributed by atoms with E-state index in [-0.39, 0.29) is 18.9 Å². The molecule has 0 fully saturated rings. The minimum Gasteiger partial charge on any atom is -0.489 e. The van der Waals surface area contributed by atoms with Gasteiger partial charge in [0.05, 0.1) is 18.0 Å². The van der Waals surface area contributed by atoms with Gasteiger partial charge in [0.1, 0.15) is 12.4 Å². The van der Waals surface area contributed by atoms with Crippen LogP contribution in [0.25, 0.3) is 0 Å². The molecule has 0 saturated carbocycles. The van der Waals surface area contributed by atoms with E-state index in [0.29, 0.717) is 17.1 Å². The van der Waals surface area contributed by atoms with Crippen molar-refractivity contribution in [2.24, 2.45) is 5.10 Å². The second kappa shape index (κ2) is 9.33. The number of rotatable bonds is 8. The van der Waals surface area contributed by atoms with Gasteiger partial charge in [0.25, 0.3) is 5.91 Å². The first-order chi connectivity index (χ1) is 12.5. The number of ketones is 1. The molecule has 7 nitrogen and oxygen atoms in total. The third-order valence-electron chi connectivity index (χ3n) is 3.47. The smallest absolute Gasteiger partial charge is 0.279 e. The van der Waals surface area contributed by atoms with Crippen LogP contribution in [0, 0.1) is 6.92 Å². The number of amides is 1. The van der Waals surface area contributed by atoms with Crippen molar-refractivity contribution in [3.8, 4) is 5.75 Å². The molecule has 0 saturated heterocycles. The molecule has 2 aromatic carbocycles. The average molecular weight is 355 g/mol. The molecule has 0 spiro atoms. The highest BCUT2D eigenvalue weighted by Gasteiger charge is 2.18. The van der Waals surface area contributed by atoms with Crippen LogP contribution in [0.2, 0.25) is 0 Å². The summed E-state index contributed by atoms with van der Waals surface area (Å²) in [6, 6.07) is 14.1. The van der Waals surface area contributed by atoms with Gasteiger partial charge in [0.15, 0.2) is 11.5 Å². The molecule has 0 aliphatic carbocycles. The summed E-state index contributed by atoms with van der Waals surface area (Å²) >= 11 is 0. The van der Waals surface area contributed by atoms with Crippen molar-refractivity contribution in [1.29, 1.82) is 0 Å². The minimum atomic E-state index is -0.654. The number of nitrogens with zero attached hydrogens (tertiary/aromatic N) is 1. The molecule has 2 aromatic rings. The fourth-order valence-electron chi connectivity index (χ4n) is 2.14. The SMILES string of the molecule is CC(=O)/C(=N/Nc1ccccc1C)C(=O)Nc1ccccc1OCCO. The molecule has 3 N–H and O–H groups in total. The standard InChI is InChI=1S/C19H21N3O4/c1-13-7-3-4-8-15(13)21-22-18(14(2)24)19(25)20-16-9-5-6-10-17(16)26-12-11-23/h3-10,21,23H,11-12H2,1-2H3,(H,20,25)/b22-18-. The third kappa shape index (κ3) is 5.15. The molecule has 0 aromatic heterocycles. The summed E-state index contributed by atoms with van der Waals surface area (Å²) in [5, 5.41) is 15.5. The van der Waals surface area contributed by atoms with Crippen LogP contribution in [0.15, 0.2) is 53.6 Å². The minimum absolute atomic E-state index is 0.0926. The Morgan fingerprint density at radius 2 is 1.73 bits per heavy atom. The Bertz CT molecular complexity index is 818. The summed E-state index contributed by atoms with van der Waals surface area (Å²) in [5.41, 5.74) is 4.51. The molecular formula is C19H21N3O4. The molecule has 0 atom stereocenters. The van der Waals surface area contributed by atoms with Gasteiger partial charge >= 0.3 is 0 Å². The number of anilines is 2. The molecule has 1 amide bonds. The highest BCUT2D eigenvalue weighted by Crippen LogP contribution is 2.23. The van der Waals surface area contributed by atoms with Crippen LogP contribution in [0.5, 0.6) is 5.75 Å². The lowest BCUT2D eigenvalue weighted by atomic mass is 10.2. The van der Waals surface area contributed by atoms with Crippen LogP contribution < -0.4 is 15.5 Å². The lowest BCUT2D eigenvalue weighted by molar-refractivity contribution is -0.114. The first-order valence-corrected chi connectivity index (χ1v) is 8.07. The molecule has 136 valence electrons. The lowest BCUT2D eigenvalue weighted by Gasteiger charge is -2.12. The van der Waals surface area contributed by atoms with E-state index in [1.165, 1.54) is 6.92 Å². The number of hydrogen-bond acceptors (Lipinski definition) is 6. The summed E-state index contributed by atoms with van der Waals surface area (Å²) < 4.78 is 5.37. The van der Waals surface area contributed by atoms with Gasteiger partial charge in [-0.25, -0.2) is 0 Å². The number of carbonyl (C=O) groups is 2. The second-order valence-electron chi connectivity index (χ2n) is 5.47. The number of Topliss-reactive ketones (excluding diaryl/α,β-unsaturated/α-hetero) is 1. The Morgan fingerprint density at radius 3 is 2.38 bits per heavy atom. The lowest BCUT2D eigenvalue weighted by Crippen LogP contribution is -2.29. The number of benzene rings is 2. The molecule has 7 heteroatoms. The molecule has 26 heavy (non-hydrogen) atoms. The van der Waals surface area contributed by atoms with E-state index >= 15 is 0 Å². The number of aryl methyl sites for hydroxylation is 1. The summed E-state index contributed by atoms with van der Waals surface area (Å²) in [4.78, 5) is 24.3. The number of hydrogen-bond donors (Lipinski definition) is 3. The van der Waals surface area contributed by atoms with Crippen molar-refractivity contribution in [2.75, 3.05) is 24.0 Å². The zero-order chi connectivity index (χ0) is 18.9. The number of ether oxygens (including phenoxy) is 1. The van der Waals surface area contributed by atoms with Crippen LogP contribution in [-0.2, 0) is 9.59 Å². The van der Waals surface area contributed by atoms with Gasteiger partial charge in [0, 0.05) is 6.92 Å². The molecule has 0 aliphatic heterocycles. The first kappa shape index (κ1) is 19.1. The fourth-order valence-corrected chi connectivity index (χ4v) is 2.14. The van der Waals surface area contributed by atoms with Gasteiger partial charge in [0.2, 0.25) is 0 Å². The van der Waals surface area contributed by atoms with Crippen molar-refractivity contribution in [1.82, 2.24) is 0 Å². The van der Waals surface area contributed by atoms with E-state index in [1.54, 1.807) is 30.3 Å². The van der Waals surface area contributed by atoms with Gasteiger partial charge < -0.3 is 15.2 Å². The first-order valence-electron chi connectivity index (χ1n) is 8.07. The topological polar surface area (TPSA) is 100 Å². The number of para-hydroxylation sites is 3. The molecule has 2 rings (SSSR count). The summed E-state index contributed by atoms with van der Waals surface area (Å²) in [7, 11) is 0. The van der Waals surface area contributed by atoms with E-state index in [2.05, 4.69) is 15.8 Å². The maximum absolute atomic E-state index is 12.5. The Labute approximate surface area is 151 Å². The highest BCUT2D eigenvalue weighted by molar-refractivity contribution is 6.67. The molecule has 0 heterocycles. The Kier molecular flexibility index (Phi) is 6.87. The zero-order valence-corrected chi connectivity index (χ0v) is 14.7. The molecule has 0 aliphatic rings. The summed E-state index contributed by atoms with van der Waals surface area (Å²) in [5.74, 6) is -0.736. The maximum Gasteiger partial charge on any atom is 0.279 e. The van der Waals surface area contributed by atoms with E-state index in [0.717, 1.165) is 5.56 Å². The number of hydrazone groups is 1. The van der Waals surface area contributed by atoms with Gasteiger partial charge in [-0.05, 0) is 30.7 Å². The van der Waals surface area contributed by atoms with E-state index < -0.39 is 11.7 Å². The number of aliphatic hydroxyl groups excluding tert-OH is 1. The quantitative estimate of drug-likeness (QED) is 0.383. The zero-order valence-electron chi connectivity index (χ0n) is 14.7. The second-order valence-corrected chi connectivity index (χ2v) is 5.47. The average Bonchev–Trinajstić information content (AvgIpc) is 2.62. The molecular weight excluding hydrogens is 334 g/mol. The van der Waals surface area contributed by atoms with Crippen molar-refractivity contribution >= 4 is 28.8 Å². The normalized spacial score (nSPS) is 11.0. The van der Waals surface area contributed by atoms with Crippen LogP contribution in [0.4, 0.5) is 11.4 Å². The monoisotopic (exact) mass is 355 g/mol. The predicted molar refractivity (Wildman–Crippen MR) is 101 cm³/mol. The number of carbonyl (C=O) groups excluding carboxylic acids is 2. The molecule has 0 radical (unpaired) electrons. The van der Waals surface area contributed by atoms with E-state index in [1.807, 2.05) is 25.1 Å². The Balaban J connectivity index is 2.18. The summed E-state index contributed by atoms with van der Waals surface area (Å²) in [6.07, 6.45) is 0. The van der Waals surface area contributed by atoms with E-state index in [9.17, 15) is 9.59 Å². The van der Waals surface area contributed by atoms with Crippen molar-refractivity contribution < 1.29 is 19.4 Å². The molecule has 0 unspecified atom stereocenters. The van der Waals surface area contributed by atoms with Gasteiger partial charge in [-0.15, -0.1) is 0 Å². The maximum atomic E-state index is 12.5. The Morgan fingerprint density at radius 1 is 1.08 bits per heavy atom. The van der Waals surface area contributed by atoms with Crippen LogP contribution in [0.1, 0.15) is 12.5 Å². The van der Waals surface area contributed by atoms with Gasteiger partial charge in [-0.2, -0.15) is 5.10 Å². The van der Waals surface area contributed by atoms with Crippen LogP contribution in [0.3, 0.4) is 0 Å². The van der Waals surface area contributed by atoms with Crippen molar-refractivity contribution in [3.63, 3.8) is 0 Å². The van der Waals surface area contributed by atoms with Gasteiger partial charge in [-0.3, -0.25) is 15.0 Å². The predicted octanol–water partition coefficient (Wildman–Crippen LogP) is 2.36. The molecule has 0 bridgehead atoms. The number of nitrogens with one attached hydrogen (secondary N) is 2. The Hall–Kier alpha value is -3.19. The fraction of sp³-hybridized carbons (Fsp3) is 0.211. The van der Waals surface area contributed by atoms with E-state index in [4.69, 9.17) is 9.84 Å². The van der Waals surface area contributed by atoms with Gasteiger partial charge in [-0.1, -0.05) is 30.3 Å². The van der Waals surface area contributed by atoms with Crippen LogP contribution in [-0.4, -0.2) is 35.7 Å². The van der Waals surface area contributed by atoms with Crippen LogP contribution >= 0.6 is 0 Å². The highest BCUT2D eigenvalue weighted by atomic mass is 16.5.